The molecule has 0 aromatic heterocycles. The highest BCUT2D eigenvalue weighted by Crippen LogP contribution is 2.27. The molecule has 1 N–H and O–H groups in total. The maximum Gasteiger partial charge on any atom is 0.00357 e. The van der Waals surface area contributed by atoms with Gasteiger partial charge in [0.25, 0.3) is 0 Å². The molecule has 0 bridgehead atoms. The van der Waals surface area contributed by atoms with Crippen LogP contribution in [0.5, 0.6) is 0 Å². The zero-order valence-corrected chi connectivity index (χ0v) is 9.31. The van der Waals surface area contributed by atoms with Crippen molar-refractivity contribution in [1.82, 2.24) is 5.32 Å². The molecule has 0 spiro atoms. The number of hydrogen-bond acceptors (Lipinski definition) is 1. The van der Waals surface area contributed by atoms with Crippen molar-refractivity contribution in [2.45, 2.75) is 64.3 Å². The fourth-order valence-corrected chi connectivity index (χ4v) is 2.33. The molecule has 1 aliphatic rings. The first-order valence-electron chi connectivity index (χ1n) is 6.00. The van der Waals surface area contributed by atoms with Gasteiger partial charge in [-0.05, 0) is 26.3 Å². The molecular formula is C12H25N. The van der Waals surface area contributed by atoms with Crippen molar-refractivity contribution in [3.63, 3.8) is 0 Å². The predicted molar refractivity (Wildman–Crippen MR) is 58.9 cm³/mol. The fraction of sp³-hybridized carbons (Fsp3) is 1.00. The number of rotatable bonds is 5. The van der Waals surface area contributed by atoms with Gasteiger partial charge >= 0.3 is 0 Å². The highest BCUT2D eigenvalue weighted by Gasteiger charge is 2.12. The second kappa shape index (κ2) is 6.42. The molecule has 1 rings (SSSR count). The fourth-order valence-electron chi connectivity index (χ4n) is 2.33. The van der Waals surface area contributed by atoms with Crippen molar-refractivity contribution < 1.29 is 0 Å². The lowest BCUT2D eigenvalue weighted by Gasteiger charge is -2.21. The molecule has 0 amide bonds. The number of hydrogen-bond donors (Lipinski definition) is 1. The van der Waals surface area contributed by atoms with E-state index in [-0.39, 0.29) is 0 Å². The molecule has 1 atom stereocenters. The third kappa shape index (κ3) is 4.66. The van der Waals surface area contributed by atoms with Crippen LogP contribution in [0.2, 0.25) is 0 Å². The van der Waals surface area contributed by atoms with E-state index < -0.39 is 0 Å². The second-order valence-electron chi connectivity index (χ2n) is 4.62. The van der Waals surface area contributed by atoms with Crippen LogP contribution in [0.15, 0.2) is 0 Å². The van der Waals surface area contributed by atoms with Gasteiger partial charge in [0.05, 0.1) is 0 Å². The van der Waals surface area contributed by atoms with E-state index >= 15 is 0 Å². The van der Waals surface area contributed by atoms with Gasteiger partial charge in [0, 0.05) is 6.04 Å². The Morgan fingerprint density at radius 2 is 1.92 bits per heavy atom. The third-order valence-electron chi connectivity index (χ3n) is 3.47. The van der Waals surface area contributed by atoms with E-state index in [4.69, 9.17) is 0 Å². The van der Waals surface area contributed by atoms with E-state index in [0.29, 0.717) is 6.04 Å². The van der Waals surface area contributed by atoms with Crippen LogP contribution in [0.25, 0.3) is 0 Å². The van der Waals surface area contributed by atoms with Gasteiger partial charge in [-0.3, -0.25) is 0 Å². The van der Waals surface area contributed by atoms with Crippen molar-refractivity contribution >= 4 is 0 Å². The summed E-state index contributed by atoms with van der Waals surface area (Å²) in [6, 6.07) is 0.712. The maximum atomic E-state index is 3.30. The molecule has 78 valence electrons. The molecule has 0 aromatic rings. The topological polar surface area (TPSA) is 12.0 Å². The summed E-state index contributed by atoms with van der Waals surface area (Å²) >= 11 is 0. The lowest BCUT2D eigenvalue weighted by molar-refractivity contribution is 0.324. The van der Waals surface area contributed by atoms with Gasteiger partial charge < -0.3 is 5.32 Å². The Kier molecular flexibility index (Phi) is 5.45. The molecule has 1 fully saturated rings. The normalized spacial score (nSPS) is 21.7. The largest absolute Gasteiger partial charge is 0.317 e. The summed E-state index contributed by atoms with van der Waals surface area (Å²) in [5.41, 5.74) is 0. The van der Waals surface area contributed by atoms with Gasteiger partial charge in [0.1, 0.15) is 0 Å². The Morgan fingerprint density at radius 1 is 1.23 bits per heavy atom. The van der Waals surface area contributed by atoms with Crippen molar-refractivity contribution in [3.8, 4) is 0 Å². The number of nitrogens with one attached hydrogen (secondary N) is 1. The van der Waals surface area contributed by atoms with Gasteiger partial charge in [-0.2, -0.15) is 0 Å². The van der Waals surface area contributed by atoms with E-state index in [1.54, 1.807) is 0 Å². The molecule has 0 saturated heterocycles. The quantitative estimate of drug-likeness (QED) is 0.689. The van der Waals surface area contributed by atoms with Crippen LogP contribution in [0.4, 0.5) is 0 Å². The van der Waals surface area contributed by atoms with E-state index in [1.807, 2.05) is 0 Å². The van der Waals surface area contributed by atoms with E-state index in [0.717, 1.165) is 5.92 Å². The first kappa shape index (κ1) is 11.0. The smallest absolute Gasteiger partial charge is 0.00357 e. The van der Waals surface area contributed by atoms with Crippen LogP contribution in [0.3, 0.4) is 0 Å². The Morgan fingerprint density at radius 3 is 2.54 bits per heavy atom. The first-order chi connectivity index (χ1) is 6.33. The third-order valence-corrected chi connectivity index (χ3v) is 3.47. The first-order valence-corrected chi connectivity index (χ1v) is 6.00. The van der Waals surface area contributed by atoms with E-state index in [1.165, 1.54) is 51.4 Å². The average Bonchev–Trinajstić information content (AvgIpc) is 2.19. The summed E-state index contributed by atoms with van der Waals surface area (Å²) in [4.78, 5) is 0. The molecule has 1 aliphatic carbocycles. The van der Waals surface area contributed by atoms with Gasteiger partial charge in [0.15, 0.2) is 0 Å². The van der Waals surface area contributed by atoms with Crippen molar-refractivity contribution in [3.05, 3.63) is 0 Å². The summed E-state index contributed by atoms with van der Waals surface area (Å²) in [5.74, 6) is 1.07. The molecule has 1 unspecified atom stereocenters. The summed E-state index contributed by atoms with van der Waals surface area (Å²) in [6.45, 7) is 2.28. The zero-order chi connectivity index (χ0) is 9.52. The van der Waals surface area contributed by atoms with Gasteiger partial charge in [-0.1, -0.05) is 44.9 Å². The molecule has 0 aromatic carbocycles. The monoisotopic (exact) mass is 183 g/mol. The summed E-state index contributed by atoms with van der Waals surface area (Å²) in [5, 5.41) is 3.30. The predicted octanol–water partition coefficient (Wildman–Crippen LogP) is 3.34. The maximum absolute atomic E-state index is 3.30. The highest BCUT2D eigenvalue weighted by molar-refractivity contribution is 4.67. The minimum absolute atomic E-state index is 0.712. The van der Waals surface area contributed by atoms with Crippen molar-refractivity contribution in [2.24, 2.45) is 5.92 Å². The van der Waals surface area contributed by atoms with Crippen molar-refractivity contribution in [1.29, 1.82) is 0 Å². The lowest BCUT2D eigenvalue weighted by Crippen LogP contribution is -2.21. The summed E-state index contributed by atoms with van der Waals surface area (Å²) in [7, 11) is 2.06. The average molecular weight is 183 g/mol. The molecule has 1 heteroatoms. The molecule has 13 heavy (non-hydrogen) atoms. The van der Waals surface area contributed by atoms with E-state index in [9.17, 15) is 0 Å². The van der Waals surface area contributed by atoms with Gasteiger partial charge in [-0.25, -0.2) is 0 Å². The molecule has 0 heterocycles. The lowest BCUT2D eigenvalue weighted by atomic mass is 9.85. The van der Waals surface area contributed by atoms with Crippen LogP contribution < -0.4 is 5.32 Å². The van der Waals surface area contributed by atoms with E-state index in [2.05, 4.69) is 19.3 Å². The van der Waals surface area contributed by atoms with Crippen LogP contribution >= 0.6 is 0 Å². The zero-order valence-electron chi connectivity index (χ0n) is 9.31. The molecule has 0 radical (unpaired) electrons. The Labute approximate surface area is 83.3 Å². The van der Waals surface area contributed by atoms with Gasteiger partial charge in [0.2, 0.25) is 0 Å². The second-order valence-corrected chi connectivity index (χ2v) is 4.62. The molecule has 1 nitrogen and oxygen atoms in total. The Bertz CT molecular complexity index is 116. The standard InChI is InChI=1S/C12H25N/c1-11(13-2)7-6-10-12-8-4-3-5-9-12/h11-13H,3-10H2,1-2H3. The molecule has 1 saturated carbocycles. The highest BCUT2D eigenvalue weighted by atomic mass is 14.8. The minimum Gasteiger partial charge on any atom is -0.317 e. The van der Waals surface area contributed by atoms with Crippen LogP contribution in [0.1, 0.15) is 58.3 Å². The SMILES string of the molecule is CNC(C)CCCC1CCCCC1. The Hall–Kier alpha value is -0.0400. The van der Waals surface area contributed by atoms with Crippen LogP contribution in [-0.4, -0.2) is 13.1 Å². The van der Waals surface area contributed by atoms with Crippen LogP contribution in [0, 0.1) is 5.92 Å². The minimum atomic E-state index is 0.712. The summed E-state index contributed by atoms with van der Waals surface area (Å²) < 4.78 is 0. The molecule has 0 aliphatic heterocycles. The Balaban J connectivity index is 1.98. The molecular weight excluding hydrogens is 158 g/mol. The van der Waals surface area contributed by atoms with Gasteiger partial charge in [-0.15, -0.1) is 0 Å². The van der Waals surface area contributed by atoms with Crippen LogP contribution in [-0.2, 0) is 0 Å². The summed E-state index contributed by atoms with van der Waals surface area (Å²) in [6.07, 6.45) is 11.7. The van der Waals surface area contributed by atoms with Crippen molar-refractivity contribution in [2.75, 3.05) is 7.05 Å².